The number of ether oxygens (including phenoxy) is 1. The molecule has 0 aliphatic heterocycles. The topological polar surface area (TPSA) is 26.3 Å². The maximum Gasteiger partial charge on any atom is 0.331 e. The predicted octanol–water partition coefficient (Wildman–Crippen LogP) is 9.65. The van der Waals surface area contributed by atoms with Crippen molar-refractivity contribution in [1.82, 2.24) is 0 Å². The summed E-state index contributed by atoms with van der Waals surface area (Å²) in [5.41, 5.74) is 3.46. The number of hydrogen-bond acceptors (Lipinski definition) is 2. The van der Waals surface area contributed by atoms with Gasteiger partial charge in [-0.25, -0.2) is 4.79 Å². The Hall–Kier alpha value is -1.83. The number of allylic oxidation sites excluding steroid dienone is 1. The lowest BCUT2D eigenvalue weighted by molar-refractivity contribution is -0.145. The van der Waals surface area contributed by atoms with E-state index in [-0.39, 0.29) is 12.1 Å². The van der Waals surface area contributed by atoms with Crippen molar-refractivity contribution in [3.8, 4) is 0 Å². The molecule has 0 radical (unpaired) electrons. The van der Waals surface area contributed by atoms with Crippen LogP contribution in [0, 0.1) is 46.3 Å². The number of fused-ring (bicyclic) bond motifs is 5. The van der Waals surface area contributed by atoms with Gasteiger partial charge in [0.2, 0.25) is 0 Å². The summed E-state index contributed by atoms with van der Waals surface area (Å²) < 4.78 is 5.95. The first-order chi connectivity index (χ1) is 18.2. The van der Waals surface area contributed by atoms with Crippen molar-refractivity contribution in [1.29, 1.82) is 0 Å². The zero-order valence-electron chi connectivity index (χ0n) is 24.8. The van der Waals surface area contributed by atoms with Crippen LogP contribution in [-0.4, -0.2) is 12.1 Å². The highest BCUT2D eigenvalue weighted by atomic mass is 16.5. The second kappa shape index (κ2) is 11.3. The second-order valence-corrected chi connectivity index (χ2v) is 14.3. The van der Waals surface area contributed by atoms with Crippen LogP contribution in [0.1, 0.15) is 111 Å². The Balaban J connectivity index is 1.22. The average molecular weight is 517 g/mol. The first-order valence-corrected chi connectivity index (χ1v) is 15.8. The van der Waals surface area contributed by atoms with Gasteiger partial charge in [-0.05, 0) is 103 Å². The minimum absolute atomic E-state index is 0.0233. The number of esters is 1. The first-order valence-electron chi connectivity index (χ1n) is 15.8. The zero-order chi connectivity index (χ0) is 26.9. The third kappa shape index (κ3) is 5.44. The van der Waals surface area contributed by atoms with Crippen LogP contribution in [0.3, 0.4) is 0 Å². The van der Waals surface area contributed by atoms with Gasteiger partial charge >= 0.3 is 5.97 Å². The maximum atomic E-state index is 12.6. The largest absolute Gasteiger partial charge is 0.459 e. The van der Waals surface area contributed by atoms with Gasteiger partial charge in [-0.3, -0.25) is 0 Å². The van der Waals surface area contributed by atoms with Crippen LogP contribution in [0.5, 0.6) is 0 Å². The number of rotatable bonds is 8. The molecule has 2 heteroatoms. The molecule has 38 heavy (non-hydrogen) atoms. The Labute approximate surface area is 232 Å². The average Bonchev–Trinajstić information content (AvgIpc) is 3.25. The van der Waals surface area contributed by atoms with E-state index in [1.807, 2.05) is 36.4 Å². The highest BCUT2D eigenvalue weighted by molar-refractivity contribution is 5.87. The van der Waals surface area contributed by atoms with Crippen molar-refractivity contribution < 1.29 is 9.53 Å². The second-order valence-electron chi connectivity index (χ2n) is 14.3. The van der Waals surface area contributed by atoms with Gasteiger partial charge in [0.25, 0.3) is 0 Å². The Bertz CT molecular complexity index is 1020. The van der Waals surface area contributed by atoms with Gasteiger partial charge < -0.3 is 4.74 Å². The molecule has 3 saturated carbocycles. The van der Waals surface area contributed by atoms with Crippen molar-refractivity contribution in [3.63, 3.8) is 0 Å². The minimum atomic E-state index is -0.204. The molecule has 0 spiro atoms. The van der Waals surface area contributed by atoms with Gasteiger partial charge in [0.05, 0.1) is 0 Å². The van der Waals surface area contributed by atoms with Crippen LogP contribution in [0.4, 0.5) is 0 Å². The van der Waals surface area contributed by atoms with Crippen LogP contribution in [-0.2, 0) is 9.53 Å². The van der Waals surface area contributed by atoms with Crippen molar-refractivity contribution in [3.05, 3.63) is 53.6 Å². The summed E-state index contributed by atoms with van der Waals surface area (Å²) in [6, 6.07) is 9.99. The number of carbonyl (C=O) groups excluding carboxylic acids is 1. The molecule has 0 amide bonds. The van der Waals surface area contributed by atoms with Crippen LogP contribution < -0.4 is 0 Å². The van der Waals surface area contributed by atoms with Gasteiger partial charge in [-0.1, -0.05) is 95.9 Å². The third-order valence-corrected chi connectivity index (χ3v) is 11.8. The molecular formula is C36H52O2. The molecule has 0 bridgehead atoms. The molecule has 8 atom stereocenters. The fourth-order valence-corrected chi connectivity index (χ4v) is 9.68. The highest BCUT2D eigenvalue weighted by Gasteiger charge is 2.59. The maximum absolute atomic E-state index is 12.6. The smallest absolute Gasteiger partial charge is 0.331 e. The summed E-state index contributed by atoms with van der Waals surface area (Å²) >= 11 is 0. The molecule has 208 valence electrons. The highest BCUT2D eigenvalue weighted by Crippen LogP contribution is 2.67. The Morgan fingerprint density at radius 1 is 1.00 bits per heavy atom. The lowest BCUT2D eigenvalue weighted by Crippen LogP contribution is -2.51. The van der Waals surface area contributed by atoms with Crippen LogP contribution >= 0.6 is 0 Å². The van der Waals surface area contributed by atoms with E-state index >= 15 is 0 Å². The van der Waals surface area contributed by atoms with Crippen molar-refractivity contribution in [2.45, 2.75) is 111 Å². The fourth-order valence-electron chi connectivity index (χ4n) is 9.68. The van der Waals surface area contributed by atoms with Gasteiger partial charge in [0.1, 0.15) is 6.10 Å². The third-order valence-electron chi connectivity index (χ3n) is 11.8. The SMILES string of the molecule is CC(C)CCC[C@@H](C)[C@@H]1CC[C@@H]2[C@H]3CC=C4C[C@@H](OC(=O)/C=C/c5ccccc5)CC[C@]4(C)[C@@H]3CC[C@@]21C. The van der Waals surface area contributed by atoms with Gasteiger partial charge in [0, 0.05) is 12.5 Å². The standard InChI is InChI=1S/C36H52O2/c1-25(2)10-9-11-26(3)31-17-18-32-30-16-15-28-24-29(38-34(37)19-14-27-12-7-6-8-13-27)20-22-35(28,4)33(30)21-23-36(31,32)5/h6-8,12-15,19,25-26,29-33H,9-11,16-18,20-24H2,1-5H3/b19-14+/t26-,29+,30-,31+,32-,33-,35+,36-/m1/s1. The lowest BCUT2D eigenvalue weighted by Gasteiger charge is -2.58. The van der Waals surface area contributed by atoms with Crippen molar-refractivity contribution >= 4 is 12.0 Å². The van der Waals surface area contributed by atoms with E-state index in [4.69, 9.17) is 4.74 Å². The van der Waals surface area contributed by atoms with E-state index in [0.717, 1.165) is 53.9 Å². The number of benzene rings is 1. The summed E-state index contributed by atoms with van der Waals surface area (Å²) in [5.74, 6) is 4.97. The summed E-state index contributed by atoms with van der Waals surface area (Å²) in [5, 5.41) is 0. The van der Waals surface area contributed by atoms with E-state index in [2.05, 4.69) is 40.7 Å². The molecule has 4 aliphatic rings. The number of carbonyl (C=O) groups is 1. The fraction of sp³-hybridized carbons (Fsp3) is 0.694. The molecule has 4 aliphatic carbocycles. The molecule has 0 N–H and O–H groups in total. The summed E-state index contributed by atoms with van der Waals surface area (Å²) in [6.07, 6.45) is 20.3. The molecule has 2 nitrogen and oxygen atoms in total. The minimum Gasteiger partial charge on any atom is -0.459 e. The summed E-state index contributed by atoms with van der Waals surface area (Å²) in [4.78, 5) is 12.6. The molecule has 0 saturated heterocycles. The molecule has 0 aromatic heterocycles. The molecule has 1 aromatic rings. The summed E-state index contributed by atoms with van der Waals surface area (Å²) in [6.45, 7) is 12.6. The molecule has 0 heterocycles. The van der Waals surface area contributed by atoms with Gasteiger partial charge in [-0.2, -0.15) is 0 Å². The first kappa shape index (κ1) is 27.7. The summed E-state index contributed by atoms with van der Waals surface area (Å²) in [7, 11) is 0. The van der Waals surface area contributed by atoms with Gasteiger partial charge in [0.15, 0.2) is 0 Å². The Morgan fingerprint density at radius 2 is 1.79 bits per heavy atom. The van der Waals surface area contributed by atoms with E-state index in [9.17, 15) is 4.79 Å². The van der Waals surface area contributed by atoms with E-state index in [0.29, 0.717) is 10.8 Å². The van der Waals surface area contributed by atoms with Crippen LogP contribution in [0.2, 0.25) is 0 Å². The van der Waals surface area contributed by atoms with E-state index in [1.165, 1.54) is 57.8 Å². The van der Waals surface area contributed by atoms with Crippen LogP contribution in [0.15, 0.2) is 48.1 Å². The molecule has 1 aromatic carbocycles. The lowest BCUT2D eigenvalue weighted by atomic mass is 9.47. The normalized spacial score (nSPS) is 37.3. The van der Waals surface area contributed by atoms with Crippen molar-refractivity contribution in [2.75, 3.05) is 0 Å². The Morgan fingerprint density at radius 3 is 2.55 bits per heavy atom. The molecule has 3 fully saturated rings. The molecular weight excluding hydrogens is 464 g/mol. The van der Waals surface area contributed by atoms with Gasteiger partial charge in [-0.15, -0.1) is 0 Å². The van der Waals surface area contributed by atoms with Crippen molar-refractivity contribution in [2.24, 2.45) is 46.3 Å². The monoisotopic (exact) mass is 516 g/mol. The number of hydrogen-bond donors (Lipinski definition) is 0. The quantitative estimate of drug-likeness (QED) is 0.195. The van der Waals surface area contributed by atoms with E-state index < -0.39 is 0 Å². The van der Waals surface area contributed by atoms with E-state index in [1.54, 1.807) is 11.6 Å². The Kier molecular flexibility index (Phi) is 8.28. The van der Waals surface area contributed by atoms with Crippen LogP contribution in [0.25, 0.3) is 6.08 Å². The molecule has 5 rings (SSSR count). The zero-order valence-corrected chi connectivity index (χ0v) is 24.8. The molecule has 0 unspecified atom stereocenters. The predicted molar refractivity (Wildman–Crippen MR) is 158 cm³/mol.